The number of likely N-dealkylation sites (tertiary alicyclic amines) is 1. The standard InChI is InChI=1S/C15H22ClN3O.ClH/c1-10-6-11(2)15(13(16)7-10)18-14(20)9-19-5-3-4-12(17)8-19;/h6-7,12H,3-5,8-9,17H2,1-2H3,(H,18,20);1H/t12-;/m1./s1. The van der Waals surface area contributed by atoms with E-state index in [1.807, 2.05) is 26.0 Å². The van der Waals surface area contributed by atoms with Gasteiger partial charge in [-0.25, -0.2) is 0 Å². The zero-order chi connectivity index (χ0) is 14.7. The lowest BCUT2D eigenvalue weighted by Gasteiger charge is -2.30. The van der Waals surface area contributed by atoms with Crippen LogP contribution in [-0.4, -0.2) is 36.5 Å². The molecule has 0 unspecified atom stereocenters. The molecule has 0 spiro atoms. The summed E-state index contributed by atoms with van der Waals surface area (Å²) in [6, 6.07) is 4.06. The highest BCUT2D eigenvalue weighted by atomic mass is 35.5. The van der Waals surface area contributed by atoms with Gasteiger partial charge in [-0.1, -0.05) is 17.7 Å². The average molecular weight is 332 g/mol. The number of halogens is 2. The number of hydrogen-bond acceptors (Lipinski definition) is 3. The van der Waals surface area contributed by atoms with Crippen LogP contribution in [0.1, 0.15) is 24.0 Å². The second-order valence-corrected chi connectivity index (χ2v) is 6.03. The molecule has 1 aliphatic heterocycles. The van der Waals surface area contributed by atoms with Crippen molar-refractivity contribution in [3.63, 3.8) is 0 Å². The van der Waals surface area contributed by atoms with Crippen molar-refractivity contribution in [3.8, 4) is 0 Å². The molecule has 1 aromatic rings. The molecule has 1 aliphatic rings. The van der Waals surface area contributed by atoms with Crippen LogP contribution < -0.4 is 11.1 Å². The predicted octanol–water partition coefficient (Wildman–Crippen LogP) is 2.74. The molecule has 0 aromatic heterocycles. The van der Waals surface area contributed by atoms with Gasteiger partial charge in [-0.15, -0.1) is 12.4 Å². The molecular formula is C15H23Cl2N3O. The average Bonchev–Trinajstić information content (AvgIpc) is 2.33. The number of nitrogens with two attached hydrogens (primary N) is 1. The van der Waals surface area contributed by atoms with E-state index in [0.717, 1.165) is 37.1 Å². The smallest absolute Gasteiger partial charge is 0.238 e. The fourth-order valence-corrected chi connectivity index (χ4v) is 3.06. The molecule has 0 aliphatic carbocycles. The SMILES string of the molecule is Cc1cc(C)c(NC(=O)CN2CCC[C@@H](N)C2)c(Cl)c1.Cl. The second kappa shape index (κ2) is 7.99. The molecular weight excluding hydrogens is 309 g/mol. The first-order chi connectivity index (χ1) is 9.45. The monoisotopic (exact) mass is 331 g/mol. The molecule has 3 N–H and O–H groups in total. The van der Waals surface area contributed by atoms with Gasteiger partial charge in [0, 0.05) is 12.6 Å². The normalized spacial score (nSPS) is 19.0. The summed E-state index contributed by atoms with van der Waals surface area (Å²) in [6.07, 6.45) is 2.10. The Balaban J connectivity index is 0.00000220. The summed E-state index contributed by atoms with van der Waals surface area (Å²) in [6.45, 7) is 6.03. The number of amides is 1. The van der Waals surface area contributed by atoms with Crippen molar-refractivity contribution in [2.45, 2.75) is 32.7 Å². The molecule has 118 valence electrons. The topological polar surface area (TPSA) is 58.4 Å². The lowest BCUT2D eigenvalue weighted by Crippen LogP contribution is -2.45. The van der Waals surface area contributed by atoms with Crippen LogP contribution in [0.2, 0.25) is 5.02 Å². The van der Waals surface area contributed by atoms with Gasteiger partial charge in [0.1, 0.15) is 0 Å². The third-order valence-electron chi connectivity index (χ3n) is 3.61. The number of anilines is 1. The van der Waals surface area contributed by atoms with Crippen molar-refractivity contribution in [2.75, 3.05) is 25.0 Å². The summed E-state index contributed by atoms with van der Waals surface area (Å²) in [7, 11) is 0. The van der Waals surface area contributed by atoms with Crippen molar-refractivity contribution in [1.29, 1.82) is 0 Å². The Kier molecular flexibility index (Phi) is 6.94. The maximum Gasteiger partial charge on any atom is 0.238 e. The minimum Gasteiger partial charge on any atom is -0.327 e. The van der Waals surface area contributed by atoms with Gasteiger partial charge in [-0.2, -0.15) is 0 Å². The summed E-state index contributed by atoms with van der Waals surface area (Å²) >= 11 is 6.20. The number of carbonyl (C=O) groups excluding carboxylic acids is 1. The highest BCUT2D eigenvalue weighted by Gasteiger charge is 2.19. The van der Waals surface area contributed by atoms with Crippen molar-refractivity contribution in [1.82, 2.24) is 4.90 Å². The first kappa shape index (κ1) is 18.2. The van der Waals surface area contributed by atoms with E-state index in [-0.39, 0.29) is 24.4 Å². The fraction of sp³-hybridized carbons (Fsp3) is 0.533. The minimum absolute atomic E-state index is 0. The predicted molar refractivity (Wildman–Crippen MR) is 90.5 cm³/mol. The molecule has 21 heavy (non-hydrogen) atoms. The summed E-state index contributed by atoms with van der Waals surface area (Å²) in [5, 5.41) is 3.50. The highest BCUT2D eigenvalue weighted by molar-refractivity contribution is 6.34. The summed E-state index contributed by atoms with van der Waals surface area (Å²) < 4.78 is 0. The number of nitrogens with zero attached hydrogens (tertiary/aromatic N) is 1. The van der Waals surface area contributed by atoms with Crippen LogP contribution in [0.5, 0.6) is 0 Å². The molecule has 6 heteroatoms. The number of piperidine rings is 1. The first-order valence-corrected chi connectivity index (χ1v) is 7.38. The van der Waals surface area contributed by atoms with Crippen LogP contribution in [0, 0.1) is 13.8 Å². The van der Waals surface area contributed by atoms with Crippen molar-refractivity contribution < 1.29 is 4.79 Å². The largest absolute Gasteiger partial charge is 0.327 e. The number of hydrogen-bond donors (Lipinski definition) is 2. The van der Waals surface area contributed by atoms with E-state index < -0.39 is 0 Å². The van der Waals surface area contributed by atoms with Gasteiger partial charge in [0.15, 0.2) is 0 Å². The third kappa shape index (κ3) is 5.15. The van der Waals surface area contributed by atoms with Gasteiger partial charge >= 0.3 is 0 Å². The van der Waals surface area contributed by atoms with Crippen LogP contribution >= 0.6 is 24.0 Å². The molecule has 1 amide bonds. The fourth-order valence-electron chi connectivity index (χ4n) is 2.69. The van der Waals surface area contributed by atoms with Crippen molar-refractivity contribution >= 4 is 35.6 Å². The Labute approximate surface area is 137 Å². The van der Waals surface area contributed by atoms with E-state index in [4.69, 9.17) is 17.3 Å². The van der Waals surface area contributed by atoms with Gasteiger partial charge in [-0.05, 0) is 50.4 Å². The Morgan fingerprint density at radius 1 is 1.48 bits per heavy atom. The molecule has 0 saturated carbocycles. The maximum absolute atomic E-state index is 12.1. The van der Waals surface area contributed by atoms with E-state index in [0.29, 0.717) is 17.3 Å². The van der Waals surface area contributed by atoms with E-state index >= 15 is 0 Å². The van der Waals surface area contributed by atoms with Gasteiger partial charge in [-0.3, -0.25) is 9.69 Å². The number of benzene rings is 1. The Morgan fingerprint density at radius 3 is 2.81 bits per heavy atom. The molecule has 4 nitrogen and oxygen atoms in total. The Morgan fingerprint density at radius 2 is 2.19 bits per heavy atom. The van der Waals surface area contributed by atoms with Gasteiger partial charge in [0.25, 0.3) is 0 Å². The van der Waals surface area contributed by atoms with Crippen LogP contribution in [0.25, 0.3) is 0 Å². The quantitative estimate of drug-likeness (QED) is 0.895. The molecule has 1 heterocycles. The van der Waals surface area contributed by atoms with Crippen LogP contribution in [0.15, 0.2) is 12.1 Å². The summed E-state index contributed by atoms with van der Waals surface area (Å²) in [5.74, 6) is -0.0343. The van der Waals surface area contributed by atoms with E-state index in [9.17, 15) is 4.79 Å². The molecule has 1 saturated heterocycles. The van der Waals surface area contributed by atoms with Gasteiger partial charge < -0.3 is 11.1 Å². The number of rotatable bonds is 3. The summed E-state index contributed by atoms with van der Waals surface area (Å²) in [5.41, 5.74) is 8.71. The second-order valence-electron chi connectivity index (χ2n) is 5.62. The first-order valence-electron chi connectivity index (χ1n) is 7.00. The van der Waals surface area contributed by atoms with Crippen molar-refractivity contribution in [2.24, 2.45) is 5.73 Å². The van der Waals surface area contributed by atoms with Crippen LogP contribution in [0.3, 0.4) is 0 Å². The Bertz CT molecular complexity index is 485. The molecule has 0 radical (unpaired) electrons. The lowest BCUT2D eigenvalue weighted by molar-refractivity contribution is -0.117. The third-order valence-corrected chi connectivity index (χ3v) is 3.90. The van der Waals surface area contributed by atoms with Gasteiger partial charge in [0.05, 0.1) is 17.3 Å². The van der Waals surface area contributed by atoms with Crippen LogP contribution in [0.4, 0.5) is 5.69 Å². The summed E-state index contributed by atoms with van der Waals surface area (Å²) in [4.78, 5) is 14.2. The number of carbonyl (C=O) groups is 1. The molecule has 1 fully saturated rings. The van der Waals surface area contributed by atoms with Gasteiger partial charge in [0.2, 0.25) is 5.91 Å². The number of aryl methyl sites for hydroxylation is 2. The zero-order valence-corrected chi connectivity index (χ0v) is 14.1. The molecule has 1 atom stereocenters. The maximum atomic E-state index is 12.1. The molecule has 0 bridgehead atoms. The van der Waals surface area contributed by atoms with Crippen molar-refractivity contribution in [3.05, 3.63) is 28.3 Å². The van der Waals surface area contributed by atoms with E-state index in [2.05, 4.69) is 10.2 Å². The lowest BCUT2D eigenvalue weighted by atomic mass is 10.1. The number of nitrogens with one attached hydrogen (secondary N) is 1. The molecule has 2 rings (SSSR count). The van der Waals surface area contributed by atoms with E-state index in [1.54, 1.807) is 0 Å². The van der Waals surface area contributed by atoms with E-state index in [1.165, 1.54) is 0 Å². The minimum atomic E-state index is -0.0343. The zero-order valence-electron chi connectivity index (χ0n) is 12.5. The Hall–Kier alpha value is -0.810. The van der Waals surface area contributed by atoms with Crippen LogP contribution in [-0.2, 0) is 4.79 Å². The molecule has 1 aromatic carbocycles. The highest BCUT2D eigenvalue weighted by Crippen LogP contribution is 2.27.